The number of benzene rings is 3. The molecule has 3 aromatic carbocycles. The van der Waals surface area contributed by atoms with Crippen LogP contribution in [0.2, 0.25) is 0 Å². The minimum absolute atomic E-state index is 0.0931. The van der Waals surface area contributed by atoms with Crippen LogP contribution in [0.3, 0.4) is 0 Å². The van der Waals surface area contributed by atoms with Crippen LogP contribution < -0.4 is 9.47 Å². The van der Waals surface area contributed by atoms with Crippen LogP contribution in [0.1, 0.15) is 28.6 Å². The minimum atomic E-state index is -0.0931. The zero-order valence-corrected chi connectivity index (χ0v) is 21.5. The first-order chi connectivity index (χ1) is 18.2. The molecule has 8 heteroatoms. The maximum absolute atomic E-state index is 5.64. The van der Waals surface area contributed by atoms with Crippen LogP contribution in [-0.2, 0) is 19.5 Å². The molecule has 192 valence electrons. The average Bonchev–Trinajstić information content (AvgIpc) is 3.42. The molecule has 37 heavy (non-hydrogen) atoms. The number of aromatic nitrogens is 4. The molecule has 0 N–H and O–H groups in total. The maximum Gasteiger partial charge on any atom is 0.173 e. The number of nitrogens with zero attached hydrogens (tertiary/aromatic N) is 6. The number of piperazine rings is 1. The number of tetrazole rings is 1. The van der Waals surface area contributed by atoms with Crippen molar-refractivity contribution in [3.63, 3.8) is 0 Å². The first-order valence-corrected chi connectivity index (χ1v) is 12.8. The molecule has 4 aromatic rings. The largest absolute Gasteiger partial charge is 0.493 e. The third kappa shape index (κ3) is 5.98. The zero-order valence-electron chi connectivity index (χ0n) is 21.5. The third-order valence-electron chi connectivity index (χ3n) is 7.00. The smallest absolute Gasteiger partial charge is 0.173 e. The normalized spacial score (nSPS) is 15.4. The summed E-state index contributed by atoms with van der Waals surface area (Å²) in [4.78, 5) is 4.99. The number of methoxy groups -OCH3 is 2. The Balaban J connectivity index is 1.39. The van der Waals surface area contributed by atoms with Gasteiger partial charge in [-0.1, -0.05) is 66.7 Å². The SMILES string of the molecule is COc1ccc([C@H](c2nnnn2CCc2ccccc2)N2CCN(Cc3ccccc3)CC2)cc1OC. The first-order valence-electron chi connectivity index (χ1n) is 12.8. The van der Waals surface area contributed by atoms with Crippen molar-refractivity contribution in [1.82, 2.24) is 30.0 Å². The summed E-state index contributed by atoms with van der Waals surface area (Å²) in [6.07, 6.45) is 0.863. The lowest BCUT2D eigenvalue weighted by molar-refractivity contribution is 0.0999. The second-order valence-corrected chi connectivity index (χ2v) is 9.31. The molecular weight excluding hydrogens is 464 g/mol. The summed E-state index contributed by atoms with van der Waals surface area (Å²) in [7, 11) is 3.33. The van der Waals surface area contributed by atoms with E-state index in [2.05, 4.69) is 92.1 Å². The Hall–Kier alpha value is -3.75. The van der Waals surface area contributed by atoms with Gasteiger partial charge >= 0.3 is 0 Å². The predicted octanol–water partition coefficient (Wildman–Crippen LogP) is 3.84. The molecule has 1 aromatic heterocycles. The lowest BCUT2D eigenvalue weighted by atomic mass is 10.0. The number of aryl methyl sites for hydroxylation is 2. The molecule has 0 saturated carbocycles. The molecule has 1 aliphatic heterocycles. The molecule has 5 rings (SSSR count). The van der Waals surface area contributed by atoms with E-state index in [4.69, 9.17) is 9.47 Å². The van der Waals surface area contributed by atoms with Gasteiger partial charge < -0.3 is 9.47 Å². The highest BCUT2D eigenvalue weighted by atomic mass is 16.5. The van der Waals surface area contributed by atoms with E-state index in [-0.39, 0.29) is 6.04 Å². The van der Waals surface area contributed by atoms with Crippen molar-refractivity contribution in [2.45, 2.75) is 25.6 Å². The first kappa shape index (κ1) is 24.9. The van der Waals surface area contributed by atoms with Crippen LogP contribution in [0, 0.1) is 0 Å². The Morgan fingerprint density at radius 1 is 0.784 bits per heavy atom. The van der Waals surface area contributed by atoms with Crippen LogP contribution in [-0.4, -0.2) is 70.4 Å². The van der Waals surface area contributed by atoms with Crippen LogP contribution in [0.15, 0.2) is 78.9 Å². The van der Waals surface area contributed by atoms with E-state index in [1.807, 2.05) is 16.8 Å². The van der Waals surface area contributed by atoms with E-state index in [1.165, 1.54) is 11.1 Å². The fraction of sp³-hybridized carbons (Fsp3) is 0.345. The Bertz CT molecular complexity index is 1260. The Morgan fingerprint density at radius 3 is 2.14 bits per heavy atom. The van der Waals surface area contributed by atoms with Crippen molar-refractivity contribution in [3.05, 3.63) is 101 Å². The van der Waals surface area contributed by atoms with Crippen molar-refractivity contribution in [2.24, 2.45) is 0 Å². The molecule has 1 aliphatic rings. The van der Waals surface area contributed by atoms with Crippen LogP contribution in [0.5, 0.6) is 11.5 Å². The molecule has 1 atom stereocenters. The van der Waals surface area contributed by atoms with Crippen molar-refractivity contribution >= 4 is 0 Å². The van der Waals surface area contributed by atoms with Crippen molar-refractivity contribution in [2.75, 3.05) is 40.4 Å². The summed E-state index contributed by atoms with van der Waals surface area (Å²) in [6, 6.07) is 27.1. The molecular formula is C29H34N6O2. The van der Waals surface area contributed by atoms with Gasteiger partial charge in [0.25, 0.3) is 0 Å². The van der Waals surface area contributed by atoms with Gasteiger partial charge in [-0.15, -0.1) is 5.10 Å². The molecule has 0 amide bonds. The van der Waals surface area contributed by atoms with Gasteiger partial charge in [0.05, 0.1) is 20.3 Å². The van der Waals surface area contributed by atoms with Crippen LogP contribution in [0.25, 0.3) is 0 Å². The molecule has 2 heterocycles. The van der Waals surface area contributed by atoms with Gasteiger partial charge in [0.2, 0.25) is 0 Å². The monoisotopic (exact) mass is 498 g/mol. The van der Waals surface area contributed by atoms with Crippen LogP contribution >= 0.6 is 0 Å². The van der Waals surface area contributed by atoms with E-state index in [1.54, 1.807) is 14.2 Å². The van der Waals surface area contributed by atoms with Gasteiger partial charge in [-0.25, -0.2) is 4.68 Å². The van der Waals surface area contributed by atoms with Gasteiger partial charge in [0, 0.05) is 39.3 Å². The molecule has 0 aliphatic carbocycles. The summed E-state index contributed by atoms with van der Waals surface area (Å²) in [5, 5.41) is 13.0. The second-order valence-electron chi connectivity index (χ2n) is 9.31. The molecule has 0 radical (unpaired) electrons. The Labute approximate surface area is 218 Å². The number of hydrogen-bond donors (Lipinski definition) is 0. The number of rotatable bonds is 10. The Kier molecular flexibility index (Phi) is 8.08. The lowest BCUT2D eigenvalue weighted by Crippen LogP contribution is -2.48. The third-order valence-corrected chi connectivity index (χ3v) is 7.00. The fourth-order valence-corrected chi connectivity index (χ4v) is 5.01. The summed E-state index contributed by atoms with van der Waals surface area (Å²) in [6.45, 7) is 5.46. The minimum Gasteiger partial charge on any atom is -0.493 e. The molecule has 0 spiro atoms. The number of ether oxygens (including phenoxy) is 2. The summed E-state index contributed by atoms with van der Waals surface area (Å²) >= 11 is 0. The van der Waals surface area contributed by atoms with Gasteiger partial charge in [0.1, 0.15) is 0 Å². The maximum atomic E-state index is 5.64. The fourth-order valence-electron chi connectivity index (χ4n) is 5.01. The van der Waals surface area contributed by atoms with Crippen molar-refractivity contribution < 1.29 is 9.47 Å². The molecule has 0 bridgehead atoms. The van der Waals surface area contributed by atoms with Crippen molar-refractivity contribution in [3.8, 4) is 11.5 Å². The highest BCUT2D eigenvalue weighted by Crippen LogP contribution is 2.35. The predicted molar refractivity (Wildman–Crippen MR) is 143 cm³/mol. The van der Waals surface area contributed by atoms with E-state index < -0.39 is 0 Å². The van der Waals surface area contributed by atoms with E-state index >= 15 is 0 Å². The summed E-state index contributed by atoms with van der Waals surface area (Å²) in [5.74, 6) is 2.26. The van der Waals surface area contributed by atoms with Gasteiger partial charge in [-0.05, 0) is 45.7 Å². The molecule has 0 unspecified atom stereocenters. The van der Waals surface area contributed by atoms with Gasteiger partial charge in [0.15, 0.2) is 17.3 Å². The lowest BCUT2D eigenvalue weighted by Gasteiger charge is -2.39. The summed E-state index contributed by atoms with van der Waals surface area (Å²) in [5.41, 5.74) is 3.70. The highest BCUT2D eigenvalue weighted by Gasteiger charge is 2.31. The van der Waals surface area contributed by atoms with Gasteiger partial charge in [-0.3, -0.25) is 9.80 Å². The standard InChI is InChI=1S/C29H34N6O2/c1-36-26-14-13-25(21-27(26)37-2)28(29-30-31-32-35(29)16-15-23-9-5-3-6-10-23)34-19-17-33(18-20-34)22-24-11-7-4-8-12-24/h3-14,21,28H,15-20,22H2,1-2H3/t28-/m1/s1. The topological polar surface area (TPSA) is 68.5 Å². The van der Waals surface area contributed by atoms with E-state index in [9.17, 15) is 0 Å². The quantitative estimate of drug-likeness (QED) is 0.329. The highest BCUT2D eigenvalue weighted by molar-refractivity contribution is 5.45. The average molecular weight is 499 g/mol. The van der Waals surface area contributed by atoms with Crippen molar-refractivity contribution in [1.29, 1.82) is 0 Å². The van der Waals surface area contributed by atoms with Gasteiger partial charge in [-0.2, -0.15) is 0 Å². The molecule has 1 saturated heterocycles. The zero-order chi connectivity index (χ0) is 25.5. The Morgan fingerprint density at radius 2 is 1.46 bits per heavy atom. The molecule has 1 fully saturated rings. The number of hydrogen-bond acceptors (Lipinski definition) is 7. The van der Waals surface area contributed by atoms with E-state index in [0.717, 1.165) is 50.5 Å². The summed E-state index contributed by atoms with van der Waals surface area (Å²) < 4.78 is 13.1. The second kappa shape index (κ2) is 12.0. The molecule has 8 nitrogen and oxygen atoms in total. The van der Waals surface area contributed by atoms with E-state index in [0.29, 0.717) is 18.0 Å². The van der Waals surface area contributed by atoms with Crippen LogP contribution in [0.4, 0.5) is 0 Å².